The Labute approximate surface area is 342 Å². The van der Waals surface area contributed by atoms with Crippen molar-refractivity contribution >= 4 is 70.1 Å². The molecule has 1 aromatic heterocycles. The molecular weight excluding hydrogens is 719 g/mol. The molecule has 1 heterocycles. The second-order valence-electron chi connectivity index (χ2n) is 14.9. The smallest absolute Gasteiger partial charge is 0.0468 e. The molecule has 0 aliphatic rings. The molecular formula is C56H37NS. The van der Waals surface area contributed by atoms with Crippen LogP contribution in [0.4, 0.5) is 17.1 Å². The van der Waals surface area contributed by atoms with E-state index >= 15 is 0 Å². The van der Waals surface area contributed by atoms with Gasteiger partial charge in [-0.2, -0.15) is 0 Å². The monoisotopic (exact) mass is 755 g/mol. The van der Waals surface area contributed by atoms with Gasteiger partial charge in [-0.1, -0.05) is 176 Å². The number of benzene rings is 10. The van der Waals surface area contributed by atoms with Gasteiger partial charge in [-0.25, -0.2) is 0 Å². The van der Waals surface area contributed by atoms with Crippen LogP contribution in [0.15, 0.2) is 224 Å². The summed E-state index contributed by atoms with van der Waals surface area (Å²) < 4.78 is 2.65. The van der Waals surface area contributed by atoms with Gasteiger partial charge in [0.2, 0.25) is 0 Å². The zero-order valence-electron chi connectivity index (χ0n) is 31.7. The quantitative estimate of drug-likeness (QED) is 0.157. The van der Waals surface area contributed by atoms with E-state index in [2.05, 4.69) is 229 Å². The van der Waals surface area contributed by atoms with Gasteiger partial charge < -0.3 is 4.90 Å². The fourth-order valence-electron chi connectivity index (χ4n) is 8.63. The first-order valence-electron chi connectivity index (χ1n) is 19.8. The Morgan fingerprint density at radius 1 is 0.276 bits per heavy atom. The highest BCUT2D eigenvalue weighted by Gasteiger charge is 2.19. The predicted molar refractivity (Wildman–Crippen MR) is 251 cm³/mol. The molecule has 11 aromatic rings. The topological polar surface area (TPSA) is 3.24 Å². The van der Waals surface area contributed by atoms with E-state index in [4.69, 9.17) is 0 Å². The lowest BCUT2D eigenvalue weighted by atomic mass is 9.90. The molecule has 272 valence electrons. The Bertz CT molecular complexity index is 3270. The maximum absolute atomic E-state index is 2.40. The fourth-order valence-corrected chi connectivity index (χ4v) is 9.89. The van der Waals surface area contributed by atoms with E-state index in [1.54, 1.807) is 0 Å². The van der Waals surface area contributed by atoms with Crippen LogP contribution in [0, 0.1) is 0 Å². The summed E-state index contributed by atoms with van der Waals surface area (Å²) in [5.41, 5.74) is 13.0. The van der Waals surface area contributed by atoms with E-state index in [0.29, 0.717) is 0 Å². The summed E-state index contributed by atoms with van der Waals surface area (Å²) >= 11 is 1.89. The van der Waals surface area contributed by atoms with E-state index in [-0.39, 0.29) is 0 Å². The molecule has 0 amide bonds. The highest BCUT2D eigenvalue weighted by atomic mass is 32.1. The largest absolute Gasteiger partial charge is 0.310 e. The Balaban J connectivity index is 1.07. The van der Waals surface area contributed by atoms with E-state index in [1.165, 1.54) is 86.2 Å². The predicted octanol–water partition coefficient (Wildman–Crippen LogP) is 16.5. The second-order valence-corrected chi connectivity index (χ2v) is 16.0. The van der Waals surface area contributed by atoms with E-state index in [0.717, 1.165) is 17.1 Å². The van der Waals surface area contributed by atoms with E-state index < -0.39 is 0 Å². The van der Waals surface area contributed by atoms with Gasteiger partial charge in [0.15, 0.2) is 0 Å². The molecule has 11 rings (SSSR count). The maximum Gasteiger partial charge on any atom is 0.0468 e. The van der Waals surface area contributed by atoms with Crippen molar-refractivity contribution in [3.8, 4) is 44.5 Å². The van der Waals surface area contributed by atoms with Crippen LogP contribution in [0.1, 0.15) is 0 Å². The normalized spacial score (nSPS) is 11.4. The summed E-state index contributed by atoms with van der Waals surface area (Å²) in [6.07, 6.45) is 0. The molecule has 2 heteroatoms. The van der Waals surface area contributed by atoms with Crippen LogP contribution in [0.3, 0.4) is 0 Å². The number of hydrogen-bond donors (Lipinski definition) is 0. The van der Waals surface area contributed by atoms with Crippen molar-refractivity contribution in [2.24, 2.45) is 0 Å². The van der Waals surface area contributed by atoms with Gasteiger partial charge in [0.1, 0.15) is 0 Å². The highest BCUT2D eigenvalue weighted by molar-refractivity contribution is 7.26. The number of nitrogens with zero attached hydrogens (tertiary/aromatic N) is 1. The molecule has 0 spiro atoms. The summed E-state index contributed by atoms with van der Waals surface area (Å²) in [6, 6.07) is 81.9. The lowest BCUT2D eigenvalue weighted by Gasteiger charge is -2.27. The Morgan fingerprint density at radius 3 is 1.66 bits per heavy atom. The fraction of sp³-hybridized carbons (Fsp3) is 0. The number of rotatable bonds is 7. The van der Waals surface area contributed by atoms with Gasteiger partial charge in [0, 0.05) is 37.2 Å². The lowest BCUT2D eigenvalue weighted by Crippen LogP contribution is -2.10. The molecule has 1 nitrogen and oxygen atoms in total. The minimum Gasteiger partial charge on any atom is -0.310 e. The molecule has 10 aromatic carbocycles. The Morgan fingerprint density at radius 2 is 0.845 bits per heavy atom. The Hall–Kier alpha value is -7.26. The number of fused-ring (bicyclic) bond motifs is 5. The average Bonchev–Trinajstić information content (AvgIpc) is 3.66. The molecule has 0 saturated heterocycles. The summed E-state index contributed by atoms with van der Waals surface area (Å²) in [7, 11) is 0. The first-order chi connectivity index (χ1) is 28.7. The van der Waals surface area contributed by atoms with Crippen molar-refractivity contribution in [2.45, 2.75) is 0 Å². The SMILES string of the molecule is c1ccc(-c2cccc(N(c3ccc(-c4cccc5c4sc4cc6ccccc6cc45)cc3)c3ccc(-c4cccc5ccccc45)c(-c4ccccc4)c3)c2)cc1. The molecule has 0 unspecified atom stereocenters. The summed E-state index contributed by atoms with van der Waals surface area (Å²) in [5.74, 6) is 0. The zero-order chi connectivity index (χ0) is 38.4. The summed E-state index contributed by atoms with van der Waals surface area (Å²) in [5, 5.41) is 7.68. The molecule has 0 fully saturated rings. The highest BCUT2D eigenvalue weighted by Crippen LogP contribution is 2.45. The van der Waals surface area contributed by atoms with Gasteiger partial charge in [0.25, 0.3) is 0 Å². The van der Waals surface area contributed by atoms with Crippen molar-refractivity contribution in [3.63, 3.8) is 0 Å². The third kappa shape index (κ3) is 6.03. The van der Waals surface area contributed by atoms with Gasteiger partial charge >= 0.3 is 0 Å². The molecule has 0 aliphatic carbocycles. The van der Waals surface area contributed by atoms with Gasteiger partial charge in [-0.3, -0.25) is 0 Å². The average molecular weight is 756 g/mol. The van der Waals surface area contributed by atoms with E-state index in [1.807, 2.05) is 11.3 Å². The molecule has 0 radical (unpaired) electrons. The minimum atomic E-state index is 1.10. The van der Waals surface area contributed by atoms with Crippen molar-refractivity contribution in [3.05, 3.63) is 224 Å². The van der Waals surface area contributed by atoms with Gasteiger partial charge in [-0.05, 0) is 115 Å². The molecule has 58 heavy (non-hydrogen) atoms. The molecule has 0 aliphatic heterocycles. The second kappa shape index (κ2) is 14.4. The van der Waals surface area contributed by atoms with Gasteiger partial charge in [-0.15, -0.1) is 11.3 Å². The third-order valence-electron chi connectivity index (χ3n) is 11.4. The minimum absolute atomic E-state index is 1.10. The Kier molecular flexibility index (Phi) is 8.42. The lowest BCUT2D eigenvalue weighted by molar-refractivity contribution is 1.28. The number of anilines is 3. The first kappa shape index (κ1) is 34.0. The van der Waals surface area contributed by atoms with Crippen LogP contribution in [0.5, 0.6) is 0 Å². The zero-order valence-corrected chi connectivity index (χ0v) is 32.5. The molecule has 0 bridgehead atoms. The van der Waals surface area contributed by atoms with Crippen LogP contribution >= 0.6 is 11.3 Å². The summed E-state index contributed by atoms with van der Waals surface area (Å²) in [4.78, 5) is 2.40. The standard InChI is InChI=1S/C56H37NS/c1-3-14-38(15-4-1)42-22-11-23-46(34-42)57(47-32-33-51(53(37-47)40-16-5-2-6-17-40)50-26-12-21-39-18-9-10-24-48(39)50)45-30-28-41(29-31-45)49-25-13-27-52-54-35-43-19-7-8-20-44(43)36-55(54)58-56(49)52/h1-37H. The maximum atomic E-state index is 2.40. The number of hydrogen-bond acceptors (Lipinski definition) is 2. The molecule has 0 atom stereocenters. The van der Waals surface area contributed by atoms with Crippen molar-refractivity contribution in [1.29, 1.82) is 0 Å². The number of thiophene rings is 1. The van der Waals surface area contributed by atoms with E-state index in [9.17, 15) is 0 Å². The van der Waals surface area contributed by atoms with Crippen LogP contribution in [0.25, 0.3) is 86.2 Å². The van der Waals surface area contributed by atoms with Crippen LogP contribution < -0.4 is 4.90 Å². The van der Waals surface area contributed by atoms with Crippen LogP contribution in [-0.4, -0.2) is 0 Å². The first-order valence-corrected chi connectivity index (χ1v) is 20.6. The summed E-state index contributed by atoms with van der Waals surface area (Å²) in [6.45, 7) is 0. The van der Waals surface area contributed by atoms with Crippen molar-refractivity contribution in [1.82, 2.24) is 0 Å². The van der Waals surface area contributed by atoms with Crippen molar-refractivity contribution in [2.75, 3.05) is 4.90 Å². The molecule has 0 N–H and O–H groups in total. The third-order valence-corrected chi connectivity index (χ3v) is 12.6. The molecule has 0 saturated carbocycles. The van der Waals surface area contributed by atoms with Crippen molar-refractivity contribution < 1.29 is 0 Å². The van der Waals surface area contributed by atoms with Crippen LogP contribution in [0.2, 0.25) is 0 Å². The van der Waals surface area contributed by atoms with Crippen LogP contribution in [-0.2, 0) is 0 Å². The van der Waals surface area contributed by atoms with Gasteiger partial charge in [0.05, 0.1) is 0 Å².